The molecule has 4 heteroatoms. The quantitative estimate of drug-likeness (QED) is 0.169. The van der Waals surface area contributed by atoms with E-state index in [2.05, 4.69) is 18.9 Å². The first kappa shape index (κ1) is 26.9. The number of hydrogen-bond acceptors (Lipinski definition) is 4. The Kier molecular flexibility index (Phi) is 13.6. The van der Waals surface area contributed by atoms with Gasteiger partial charge >= 0.3 is 0 Å². The normalized spacial score (nSPS) is 11.6. The summed E-state index contributed by atoms with van der Waals surface area (Å²) >= 11 is 1.58. The van der Waals surface area contributed by atoms with Crippen LogP contribution in [0.15, 0.2) is 23.6 Å². The predicted octanol–water partition coefficient (Wildman–Crippen LogP) is 8.59. The number of Topliss-reactive ketones (excluding diaryl/α,β-unsaturated/α-hetero) is 1. The van der Waals surface area contributed by atoms with E-state index < -0.39 is 0 Å². The first-order valence-electron chi connectivity index (χ1n) is 13.0. The summed E-state index contributed by atoms with van der Waals surface area (Å²) in [6.07, 6.45) is 18.9. The molecule has 1 N–H and O–H groups in total. The van der Waals surface area contributed by atoms with Crippen molar-refractivity contribution >= 4 is 27.2 Å². The van der Waals surface area contributed by atoms with Crippen LogP contribution in [0.3, 0.4) is 0 Å². The highest BCUT2D eigenvalue weighted by molar-refractivity contribution is 7.17. The van der Waals surface area contributed by atoms with E-state index in [1.54, 1.807) is 23.5 Å². The lowest BCUT2D eigenvalue weighted by atomic mass is 10.0. The Morgan fingerprint density at radius 1 is 0.844 bits per heavy atom. The second kappa shape index (κ2) is 16.3. The molecule has 0 unspecified atom stereocenters. The molecule has 0 amide bonds. The summed E-state index contributed by atoms with van der Waals surface area (Å²) in [4.78, 5) is 15.0. The smallest absolute Gasteiger partial charge is 0.164 e. The molecular formula is C28H45NO2S. The molecule has 32 heavy (non-hydrogen) atoms. The van der Waals surface area contributed by atoms with Crippen LogP contribution >= 0.6 is 11.3 Å². The van der Waals surface area contributed by atoms with E-state index in [1.807, 2.05) is 11.4 Å². The molecule has 1 heterocycles. The number of hydrogen-bond donors (Lipinski definition) is 1. The number of unbranched alkanes of at least 4 members (excludes halogenated alkanes) is 12. The maximum absolute atomic E-state index is 12.5. The van der Waals surface area contributed by atoms with Crippen molar-refractivity contribution in [3.63, 3.8) is 0 Å². The van der Waals surface area contributed by atoms with Gasteiger partial charge in [0.2, 0.25) is 0 Å². The topological polar surface area (TPSA) is 40.5 Å². The van der Waals surface area contributed by atoms with Gasteiger partial charge in [-0.15, -0.1) is 11.3 Å². The number of nitrogens with zero attached hydrogens (tertiary/aromatic N) is 1. The minimum atomic E-state index is 0.214. The van der Waals surface area contributed by atoms with E-state index in [-0.39, 0.29) is 11.5 Å². The fourth-order valence-corrected chi connectivity index (χ4v) is 5.32. The van der Waals surface area contributed by atoms with Gasteiger partial charge in [0.05, 0.1) is 0 Å². The van der Waals surface area contributed by atoms with Crippen molar-refractivity contribution in [3.8, 4) is 5.75 Å². The fraction of sp³-hybridized carbons (Fsp3) is 0.679. The van der Waals surface area contributed by atoms with Crippen molar-refractivity contribution in [3.05, 3.63) is 29.1 Å². The van der Waals surface area contributed by atoms with Crippen molar-refractivity contribution in [2.75, 3.05) is 20.1 Å². The zero-order valence-corrected chi connectivity index (χ0v) is 21.4. The van der Waals surface area contributed by atoms with Crippen molar-refractivity contribution < 1.29 is 9.90 Å². The van der Waals surface area contributed by atoms with Crippen LogP contribution in [0.4, 0.5) is 0 Å². The zero-order chi connectivity index (χ0) is 23.0. The number of phenolic OH excluding ortho intramolecular Hbond substituents is 1. The molecule has 0 spiro atoms. The third-order valence-corrected chi connectivity index (χ3v) is 7.41. The third-order valence-electron chi connectivity index (χ3n) is 6.44. The van der Waals surface area contributed by atoms with Gasteiger partial charge in [-0.3, -0.25) is 4.79 Å². The van der Waals surface area contributed by atoms with Crippen LogP contribution in [0.2, 0.25) is 0 Å². The van der Waals surface area contributed by atoms with Crippen LogP contribution < -0.4 is 0 Å². The standard InChI is InChI=1S/C28H45NO2S/c1-3-4-5-6-9-12-15-20-29(2)21-16-13-10-7-8-11-14-17-27(31)26-23-32-28-19-18-24(30)22-25(26)28/h18-19,22-23,30H,3-17,20-21H2,1-2H3. The summed E-state index contributed by atoms with van der Waals surface area (Å²) < 4.78 is 1.07. The number of phenols is 1. The van der Waals surface area contributed by atoms with Crippen LogP contribution in [0.25, 0.3) is 10.1 Å². The predicted molar refractivity (Wildman–Crippen MR) is 140 cm³/mol. The number of aromatic hydroxyl groups is 1. The van der Waals surface area contributed by atoms with E-state index in [9.17, 15) is 9.90 Å². The van der Waals surface area contributed by atoms with Gasteiger partial charge in [-0.2, -0.15) is 0 Å². The Hall–Kier alpha value is -1.39. The van der Waals surface area contributed by atoms with E-state index in [0.717, 1.165) is 28.5 Å². The van der Waals surface area contributed by atoms with Crippen LogP contribution in [0.5, 0.6) is 5.75 Å². The molecule has 3 nitrogen and oxygen atoms in total. The van der Waals surface area contributed by atoms with Crippen LogP contribution in [0.1, 0.15) is 114 Å². The van der Waals surface area contributed by atoms with E-state index in [4.69, 9.17) is 0 Å². The molecule has 1 aromatic carbocycles. The van der Waals surface area contributed by atoms with E-state index in [0.29, 0.717) is 6.42 Å². The van der Waals surface area contributed by atoms with Crippen molar-refractivity contribution in [2.45, 2.75) is 103 Å². The van der Waals surface area contributed by atoms with Gasteiger partial charge < -0.3 is 10.0 Å². The molecule has 0 atom stereocenters. The van der Waals surface area contributed by atoms with Gasteiger partial charge in [0.15, 0.2) is 5.78 Å². The molecule has 0 aliphatic heterocycles. The van der Waals surface area contributed by atoms with Gasteiger partial charge in [0.25, 0.3) is 0 Å². The van der Waals surface area contributed by atoms with E-state index >= 15 is 0 Å². The monoisotopic (exact) mass is 459 g/mol. The Morgan fingerprint density at radius 3 is 2.03 bits per heavy atom. The average Bonchev–Trinajstić information content (AvgIpc) is 3.20. The van der Waals surface area contributed by atoms with Gasteiger partial charge in [0.1, 0.15) is 5.75 Å². The van der Waals surface area contributed by atoms with Crippen molar-refractivity contribution in [1.29, 1.82) is 0 Å². The summed E-state index contributed by atoms with van der Waals surface area (Å²) in [5, 5.41) is 12.5. The Balaban J connectivity index is 1.42. The highest BCUT2D eigenvalue weighted by Gasteiger charge is 2.12. The molecule has 2 rings (SSSR count). The van der Waals surface area contributed by atoms with Crippen molar-refractivity contribution in [2.24, 2.45) is 0 Å². The fourth-order valence-electron chi connectivity index (χ4n) is 4.37. The number of thiophene rings is 1. The Bertz CT molecular complexity index is 770. The first-order chi connectivity index (χ1) is 15.6. The first-order valence-corrected chi connectivity index (χ1v) is 13.9. The lowest BCUT2D eigenvalue weighted by molar-refractivity contribution is 0.0981. The summed E-state index contributed by atoms with van der Waals surface area (Å²) in [7, 11) is 2.27. The molecular weight excluding hydrogens is 414 g/mol. The zero-order valence-electron chi connectivity index (χ0n) is 20.5. The SMILES string of the molecule is CCCCCCCCCN(C)CCCCCCCCCC(=O)c1csc2ccc(O)cc12. The molecule has 0 fully saturated rings. The van der Waals surface area contributed by atoms with Crippen LogP contribution in [-0.2, 0) is 0 Å². The number of ketones is 1. The van der Waals surface area contributed by atoms with Crippen molar-refractivity contribution in [1.82, 2.24) is 4.90 Å². The lowest BCUT2D eigenvalue weighted by Gasteiger charge is -2.16. The summed E-state index contributed by atoms with van der Waals surface area (Å²) in [5.74, 6) is 0.444. The minimum Gasteiger partial charge on any atom is -0.508 e. The molecule has 1 aromatic heterocycles. The highest BCUT2D eigenvalue weighted by atomic mass is 32.1. The number of benzene rings is 1. The Labute approximate surface area is 200 Å². The largest absolute Gasteiger partial charge is 0.508 e. The minimum absolute atomic E-state index is 0.214. The maximum Gasteiger partial charge on any atom is 0.164 e. The molecule has 0 radical (unpaired) electrons. The Morgan fingerprint density at radius 2 is 1.41 bits per heavy atom. The maximum atomic E-state index is 12.5. The van der Waals surface area contributed by atoms with Gasteiger partial charge in [-0.05, 0) is 57.6 Å². The van der Waals surface area contributed by atoms with Gasteiger partial charge in [0, 0.05) is 27.5 Å². The summed E-state index contributed by atoms with van der Waals surface area (Å²) in [6.45, 7) is 4.76. The molecule has 180 valence electrons. The molecule has 0 bridgehead atoms. The van der Waals surface area contributed by atoms with E-state index in [1.165, 1.54) is 90.1 Å². The van der Waals surface area contributed by atoms with Crippen LogP contribution in [-0.4, -0.2) is 35.9 Å². The third kappa shape index (κ3) is 10.5. The highest BCUT2D eigenvalue weighted by Crippen LogP contribution is 2.30. The second-order valence-electron chi connectivity index (χ2n) is 9.40. The van der Waals surface area contributed by atoms with Crippen LogP contribution in [0, 0.1) is 0 Å². The molecule has 0 saturated carbocycles. The van der Waals surface area contributed by atoms with Gasteiger partial charge in [-0.25, -0.2) is 0 Å². The summed E-state index contributed by atoms with van der Waals surface area (Å²) in [6, 6.07) is 5.28. The number of fused-ring (bicyclic) bond motifs is 1. The number of carbonyl (C=O) groups is 1. The summed E-state index contributed by atoms with van der Waals surface area (Å²) in [5.41, 5.74) is 0.779. The lowest BCUT2D eigenvalue weighted by Crippen LogP contribution is -2.20. The number of carbonyl (C=O) groups excluding carboxylic acids is 1. The average molecular weight is 460 g/mol. The molecule has 0 saturated heterocycles. The molecule has 2 aromatic rings. The molecule has 0 aliphatic rings. The molecule has 0 aliphatic carbocycles. The number of rotatable bonds is 19. The second-order valence-corrected chi connectivity index (χ2v) is 10.3. The van der Waals surface area contributed by atoms with Gasteiger partial charge in [-0.1, -0.05) is 77.6 Å².